The molecule has 0 saturated carbocycles. The van der Waals surface area contributed by atoms with Crippen LogP contribution in [0.4, 0.5) is 0 Å². The van der Waals surface area contributed by atoms with Crippen LogP contribution in [0.15, 0.2) is 24.3 Å². The van der Waals surface area contributed by atoms with Crippen LogP contribution in [0.2, 0.25) is 0 Å². The number of carbonyl (C=O) groups excluding carboxylic acids is 2. The number of nitrogens with zero attached hydrogens (tertiary/aromatic N) is 2. The van der Waals surface area contributed by atoms with Gasteiger partial charge in [-0.15, -0.1) is 11.8 Å². The van der Waals surface area contributed by atoms with E-state index in [0.717, 1.165) is 25.9 Å². The van der Waals surface area contributed by atoms with Crippen molar-refractivity contribution in [1.29, 1.82) is 0 Å². The molecule has 0 aromatic heterocycles. The number of phenolic OH excluding ortho intramolecular Hbond substituents is 1. The molecule has 0 spiro atoms. The van der Waals surface area contributed by atoms with Crippen LogP contribution in [-0.4, -0.2) is 51.6 Å². The van der Waals surface area contributed by atoms with Crippen molar-refractivity contribution in [2.45, 2.75) is 38.1 Å². The average Bonchev–Trinajstić information content (AvgIpc) is 3.00. The van der Waals surface area contributed by atoms with Crippen molar-refractivity contribution in [2.75, 3.05) is 18.8 Å². The fraction of sp³-hybridized carbons (Fsp3) is 0.556. The quantitative estimate of drug-likeness (QED) is 0.892. The van der Waals surface area contributed by atoms with E-state index in [0.29, 0.717) is 17.2 Å². The van der Waals surface area contributed by atoms with Gasteiger partial charge in [-0.1, -0.05) is 25.1 Å². The molecule has 130 valence electrons. The second-order valence-corrected chi connectivity index (χ2v) is 7.81. The molecule has 2 aliphatic heterocycles. The lowest BCUT2D eigenvalue weighted by atomic mass is 9.98. The van der Waals surface area contributed by atoms with Gasteiger partial charge in [0, 0.05) is 31.3 Å². The van der Waals surface area contributed by atoms with E-state index in [1.54, 1.807) is 28.8 Å². The minimum absolute atomic E-state index is 0.0440. The van der Waals surface area contributed by atoms with Crippen molar-refractivity contribution < 1.29 is 14.7 Å². The Morgan fingerprint density at radius 3 is 2.50 bits per heavy atom. The number of amides is 2. The first-order valence-electron chi connectivity index (χ1n) is 8.46. The summed E-state index contributed by atoms with van der Waals surface area (Å²) in [5.74, 6) is 1.31. The molecule has 0 radical (unpaired) electrons. The van der Waals surface area contributed by atoms with Gasteiger partial charge >= 0.3 is 0 Å². The molecule has 2 aliphatic rings. The van der Waals surface area contributed by atoms with Gasteiger partial charge in [-0.2, -0.15) is 0 Å². The first kappa shape index (κ1) is 17.1. The monoisotopic (exact) mass is 348 g/mol. The molecule has 1 aromatic rings. The summed E-state index contributed by atoms with van der Waals surface area (Å²) in [6.07, 6.45) is 2.04. The lowest BCUT2D eigenvalue weighted by Crippen LogP contribution is -2.50. The SMILES string of the molecule is CC(=O)N1[C@H](C(=O)N2CCC(C)CC2)CS[C@H]1c1ccccc1O. The normalized spacial score (nSPS) is 25.1. The molecule has 2 atom stereocenters. The van der Waals surface area contributed by atoms with E-state index in [4.69, 9.17) is 0 Å². The Morgan fingerprint density at radius 1 is 1.21 bits per heavy atom. The van der Waals surface area contributed by atoms with E-state index < -0.39 is 6.04 Å². The number of carbonyl (C=O) groups is 2. The van der Waals surface area contributed by atoms with E-state index in [-0.39, 0.29) is 22.9 Å². The number of hydrogen-bond donors (Lipinski definition) is 1. The predicted octanol–water partition coefficient (Wildman–Crippen LogP) is 2.61. The second-order valence-electron chi connectivity index (χ2n) is 6.69. The third-order valence-corrected chi connectivity index (χ3v) is 6.25. The Morgan fingerprint density at radius 2 is 1.88 bits per heavy atom. The Balaban J connectivity index is 1.81. The van der Waals surface area contributed by atoms with Crippen molar-refractivity contribution in [3.05, 3.63) is 29.8 Å². The molecule has 2 fully saturated rings. The van der Waals surface area contributed by atoms with Crippen LogP contribution in [-0.2, 0) is 9.59 Å². The first-order valence-corrected chi connectivity index (χ1v) is 9.51. The summed E-state index contributed by atoms with van der Waals surface area (Å²) in [4.78, 5) is 28.7. The third-order valence-electron chi connectivity index (χ3n) is 4.95. The number of rotatable bonds is 2. The Hall–Kier alpha value is -1.69. The van der Waals surface area contributed by atoms with Crippen molar-refractivity contribution in [3.63, 3.8) is 0 Å². The molecule has 2 heterocycles. The van der Waals surface area contributed by atoms with Gasteiger partial charge in [0.25, 0.3) is 0 Å². The topological polar surface area (TPSA) is 60.9 Å². The van der Waals surface area contributed by atoms with Crippen LogP contribution >= 0.6 is 11.8 Å². The van der Waals surface area contributed by atoms with E-state index in [1.165, 1.54) is 6.92 Å². The Labute approximate surface area is 147 Å². The molecule has 3 rings (SSSR count). The van der Waals surface area contributed by atoms with Crippen LogP contribution in [0.1, 0.15) is 37.6 Å². The molecule has 0 aliphatic carbocycles. The van der Waals surface area contributed by atoms with Crippen LogP contribution in [0.3, 0.4) is 0 Å². The standard InChI is InChI=1S/C18H24N2O3S/c1-12-7-9-19(10-8-12)17(23)15-11-24-18(20(15)13(2)21)14-5-3-4-6-16(14)22/h3-6,12,15,18,22H,7-11H2,1-2H3/t15-,18-/m0/s1. The Kier molecular flexibility index (Phi) is 5.04. The molecular weight excluding hydrogens is 324 g/mol. The highest BCUT2D eigenvalue weighted by atomic mass is 32.2. The lowest BCUT2D eigenvalue weighted by molar-refractivity contribution is -0.144. The molecule has 24 heavy (non-hydrogen) atoms. The van der Waals surface area contributed by atoms with Crippen molar-refractivity contribution >= 4 is 23.6 Å². The van der Waals surface area contributed by atoms with Crippen LogP contribution in [0, 0.1) is 5.92 Å². The summed E-state index contributed by atoms with van der Waals surface area (Å²) in [6, 6.07) is 6.60. The van der Waals surface area contributed by atoms with Gasteiger partial charge < -0.3 is 14.9 Å². The summed E-state index contributed by atoms with van der Waals surface area (Å²) < 4.78 is 0. The van der Waals surface area contributed by atoms with Gasteiger partial charge in [0.1, 0.15) is 17.2 Å². The summed E-state index contributed by atoms with van der Waals surface area (Å²) in [7, 11) is 0. The highest BCUT2D eigenvalue weighted by molar-refractivity contribution is 7.99. The van der Waals surface area contributed by atoms with E-state index in [2.05, 4.69) is 6.92 Å². The molecule has 6 heteroatoms. The van der Waals surface area contributed by atoms with Crippen molar-refractivity contribution in [3.8, 4) is 5.75 Å². The number of aromatic hydroxyl groups is 1. The minimum atomic E-state index is -0.439. The number of hydrogen-bond acceptors (Lipinski definition) is 4. The summed E-state index contributed by atoms with van der Waals surface area (Å²) in [5.41, 5.74) is 0.695. The van der Waals surface area contributed by atoms with Crippen LogP contribution < -0.4 is 0 Å². The lowest BCUT2D eigenvalue weighted by Gasteiger charge is -2.35. The zero-order valence-electron chi connectivity index (χ0n) is 14.1. The molecule has 0 bridgehead atoms. The maximum atomic E-state index is 12.9. The second kappa shape index (κ2) is 7.05. The number of phenols is 1. The van der Waals surface area contributed by atoms with Crippen molar-refractivity contribution in [1.82, 2.24) is 9.80 Å². The van der Waals surface area contributed by atoms with E-state index in [1.807, 2.05) is 17.0 Å². The van der Waals surface area contributed by atoms with Gasteiger partial charge in [0.15, 0.2) is 0 Å². The smallest absolute Gasteiger partial charge is 0.246 e. The number of likely N-dealkylation sites (tertiary alicyclic amines) is 1. The van der Waals surface area contributed by atoms with Crippen LogP contribution in [0.5, 0.6) is 5.75 Å². The van der Waals surface area contributed by atoms with Gasteiger partial charge in [0.2, 0.25) is 11.8 Å². The maximum Gasteiger partial charge on any atom is 0.246 e. The Bertz CT molecular complexity index is 628. The number of para-hydroxylation sites is 1. The van der Waals surface area contributed by atoms with Gasteiger partial charge in [-0.3, -0.25) is 9.59 Å². The minimum Gasteiger partial charge on any atom is -0.508 e. The summed E-state index contributed by atoms with van der Waals surface area (Å²) in [6.45, 7) is 5.25. The summed E-state index contributed by atoms with van der Waals surface area (Å²) >= 11 is 1.54. The van der Waals surface area contributed by atoms with E-state index in [9.17, 15) is 14.7 Å². The fourth-order valence-electron chi connectivity index (χ4n) is 3.46. The van der Waals surface area contributed by atoms with Gasteiger partial charge in [-0.05, 0) is 24.8 Å². The molecular formula is C18H24N2O3S. The average molecular weight is 348 g/mol. The van der Waals surface area contributed by atoms with Crippen molar-refractivity contribution in [2.24, 2.45) is 5.92 Å². The predicted molar refractivity (Wildman–Crippen MR) is 94.6 cm³/mol. The zero-order chi connectivity index (χ0) is 17.3. The molecule has 5 nitrogen and oxygen atoms in total. The highest BCUT2D eigenvalue weighted by Gasteiger charge is 2.43. The summed E-state index contributed by atoms with van der Waals surface area (Å²) in [5, 5.41) is 9.82. The zero-order valence-corrected chi connectivity index (χ0v) is 15.0. The first-order chi connectivity index (χ1) is 11.5. The maximum absolute atomic E-state index is 12.9. The van der Waals surface area contributed by atoms with Gasteiger partial charge in [-0.25, -0.2) is 0 Å². The largest absolute Gasteiger partial charge is 0.508 e. The molecule has 2 amide bonds. The van der Waals surface area contributed by atoms with Gasteiger partial charge in [0.05, 0.1) is 0 Å². The number of piperidine rings is 1. The molecule has 1 N–H and O–H groups in total. The van der Waals surface area contributed by atoms with E-state index >= 15 is 0 Å². The number of benzene rings is 1. The van der Waals surface area contributed by atoms with Crippen LogP contribution in [0.25, 0.3) is 0 Å². The number of thioether (sulfide) groups is 1. The third kappa shape index (κ3) is 3.24. The highest BCUT2D eigenvalue weighted by Crippen LogP contribution is 2.44. The molecule has 1 aromatic carbocycles. The fourth-order valence-corrected chi connectivity index (χ4v) is 4.96. The molecule has 0 unspecified atom stereocenters. The molecule has 2 saturated heterocycles.